The number of benzene rings is 1. The van der Waals surface area contributed by atoms with E-state index >= 15 is 0 Å². The molecule has 1 aliphatic rings. The molecule has 142 valence electrons. The summed E-state index contributed by atoms with van der Waals surface area (Å²) in [5.74, 6) is 0.0525. The van der Waals surface area contributed by atoms with Crippen molar-refractivity contribution in [3.8, 4) is 5.75 Å². The first-order valence-corrected chi connectivity index (χ1v) is 9.12. The number of Topliss-reactive ketones (excluding diaryl/α,β-unsaturated/α-hetero) is 1. The van der Waals surface area contributed by atoms with Crippen molar-refractivity contribution >= 4 is 23.3 Å². The average molecular weight is 361 g/mol. The van der Waals surface area contributed by atoms with Crippen LogP contribution >= 0.6 is 0 Å². The van der Waals surface area contributed by atoms with Crippen molar-refractivity contribution in [2.45, 2.75) is 33.1 Å². The number of ketones is 1. The van der Waals surface area contributed by atoms with Crippen LogP contribution in [0.4, 0.5) is 5.69 Å². The summed E-state index contributed by atoms with van der Waals surface area (Å²) in [7, 11) is 0. The van der Waals surface area contributed by atoms with Gasteiger partial charge in [-0.2, -0.15) is 0 Å². The van der Waals surface area contributed by atoms with Crippen molar-refractivity contribution < 1.29 is 19.1 Å². The standard InChI is InChI=1S/C19H27N3O4/c1-3-22(4-2)11-5-10-20-18(24)9-7-16(23)14-6-8-17-15(12-14)21-19(25)13-26-17/h6,8,12H,3-5,7,9-11,13H2,1-2H3,(H,20,24)(H,21,25). The molecule has 1 aliphatic heterocycles. The summed E-state index contributed by atoms with van der Waals surface area (Å²) in [6.45, 7) is 7.80. The molecule has 0 atom stereocenters. The summed E-state index contributed by atoms with van der Waals surface area (Å²) >= 11 is 0. The Labute approximate surface area is 154 Å². The zero-order valence-corrected chi connectivity index (χ0v) is 15.5. The van der Waals surface area contributed by atoms with E-state index in [9.17, 15) is 14.4 Å². The van der Waals surface area contributed by atoms with Gasteiger partial charge in [0.15, 0.2) is 12.4 Å². The van der Waals surface area contributed by atoms with Gasteiger partial charge in [0.2, 0.25) is 5.91 Å². The van der Waals surface area contributed by atoms with Gasteiger partial charge in [0.1, 0.15) is 5.75 Å². The molecule has 26 heavy (non-hydrogen) atoms. The number of amides is 2. The Hall–Kier alpha value is -2.41. The lowest BCUT2D eigenvalue weighted by atomic mass is 10.0. The first-order chi connectivity index (χ1) is 12.5. The van der Waals surface area contributed by atoms with Crippen molar-refractivity contribution in [2.75, 3.05) is 38.1 Å². The molecule has 0 aromatic heterocycles. The Balaban J connectivity index is 1.73. The zero-order chi connectivity index (χ0) is 18.9. The van der Waals surface area contributed by atoms with E-state index in [1.807, 2.05) is 0 Å². The van der Waals surface area contributed by atoms with Crippen LogP contribution in [0.2, 0.25) is 0 Å². The highest BCUT2D eigenvalue weighted by molar-refractivity contribution is 6.01. The van der Waals surface area contributed by atoms with Gasteiger partial charge in [-0.25, -0.2) is 0 Å². The molecule has 2 amide bonds. The van der Waals surface area contributed by atoms with Gasteiger partial charge in [0, 0.05) is 24.9 Å². The van der Waals surface area contributed by atoms with E-state index in [0.717, 1.165) is 26.1 Å². The number of carbonyl (C=O) groups excluding carboxylic acids is 3. The van der Waals surface area contributed by atoms with Gasteiger partial charge in [0.25, 0.3) is 5.91 Å². The summed E-state index contributed by atoms with van der Waals surface area (Å²) in [5.41, 5.74) is 0.955. The quantitative estimate of drug-likeness (QED) is 0.490. The van der Waals surface area contributed by atoms with Gasteiger partial charge in [-0.1, -0.05) is 13.8 Å². The van der Waals surface area contributed by atoms with Crippen molar-refractivity contribution in [3.63, 3.8) is 0 Å². The second-order valence-electron chi connectivity index (χ2n) is 6.20. The summed E-state index contributed by atoms with van der Waals surface area (Å²) in [4.78, 5) is 37.8. The van der Waals surface area contributed by atoms with Gasteiger partial charge < -0.3 is 20.3 Å². The minimum Gasteiger partial charge on any atom is -0.482 e. The van der Waals surface area contributed by atoms with Gasteiger partial charge in [0.05, 0.1) is 5.69 Å². The maximum absolute atomic E-state index is 12.3. The summed E-state index contributed by atoms with van der Waals surface area (Å²) in [5, 5.41) is 5.53. The number of hydrogen-bond acceptors (Lipinski definition) is 5. The Morgan fingerprint density at radius 2 is 2.00 bits per heavy atom. The Morgan fingerprint density at radius 3 is 2.73 bits per heavy atom. The third-order valence-corrected chi connectivity index (χ3v) is 4.38. The van der Waals surface area contributed by atoms with E-state index in [1.165, 1.54) is 0 Å². The predicted octanol–water partition coefficient (Wildman–Crippen LogP) is 1.83. The van der Waals surface area contributed by atoms with Crippen molar-refractivity contribution in [1.82, 2.24) is 10.2 Å². The lowest BCUT2D eigenvalue weighted by Crippen LogP contribution is -2.30. The molecule has 0 bridgehead atoms. The van der Waals surface area contributed by atoms with Crippen LogP contribution in [0, 0.1) is 0 Å². The summed E-state index contributed by atoms with van der Waals surface area (Å²) in [6, 6.07) is 4.91. The number of carbonyl (C=O) groups is 3. The largest absolute Gasteiger partial charge is 0.482 e. The second kappa shape index (κ2) is 9.91. The van der Waals surface area contributed by atoms with E-state index in [-0.39, 0.29) is 37.0 Å². The first kappa shape index (κ1) is 19.9. The number of anilines is 1. The maximum atomic E-state index is 12.3. The molecule has 0 saturated heterocycles. The second-order valence-corrected chi connectivity index (χ2v) is 6.20. The van der Waals surface area contributed by atoms with Gasteiger partial charge in [-0.15, -0.1) is 0 Å². The molecule has 2 rings (SSSR count). The van der Waals surface area contributed by atoms with E-state index in [1.54, 1.807) is 18.2 Å². The SMILES string of the molecule is CCN(CC)CCCNC(=O)CCC(=O)c1ccc2c(c1)NC(=O)CO2. The van der Waals surface area contributed by atoms with E-state index in [0.29, 0.717) is 23.5 Å². The topological polar surface area (TPSA) is 87.7 Å². The number of hydrogen-bond donors (Lipinski definition) is 2. The number of rotatable bonds is 10. The highest BCUT2D eigenvalue weighted by Crippen LogP contribution is 2.28. The van der Waals surface area contributed by atoms with E-state index in [2.05, 4.69) is 29.4 Å². The molecule has 1 aromatic carbocycles. The highest BCUT2D eigenvalue weighted by Gasteiger charge is 2.18. The molecular formula is C19H27N3O4. The Kier molecular flexibility index (Phi) is 7.59. The molecule has 0 radical (unpaired) electrons. The smallest absolute Gasteiger partial charge is 0.262 e. The maximum Gasteiger partial charge on any atom is 0.262 e. The van der Waals surface area contributed by atoms with Crippen LogP contribution in [-0.2, 0) is 9.59 Å². The van der Waals surface area contributed by atoms with Crippen LogP contribution in [-0.4, -0.2) is 55.3 Å². The summed E-state index contributed by atoms with van der Waals surface area (Å²) < 4.78 is 5.27. The van der Waals surface area contributed by atoms with Crippen LogP contribution in [0.15, 0.2) is 18.2 Å². The highest BCUT2D eigenvalue weighted by atomic mass is 16.5. The number of ether oxygens (including phenoxy) is 1. The van der Waals surface area contributed by atoms with Crippen LogP contribution in [0.3, 0.4) is 0 Å². The third-order valence-electron chi connectivity index (χ3n) is 4.38. The van der Waals surface area contributed by atoms with Crippen LogP contribution < -0.4 is 15.4 Å². The molecule has 0 saturated carbocycles. The summed E-state index contributed by atoms with van der Waals surface area (Å²) in [6.07, 6.45) is 1.19. The first-order valence-electron chi connectivity index (χ1n) is 9.12. The molecule has 2 N–H and O–H groups in total. The molecule has 7 heteroatoms. The normalized spacial score (nSPS) is 13.0. The third kappa shape index (κ3) is 5.84. The molecule has 0 aliphatic carbocycles. The molecule has 1 heterocycles. The molecule has 0 spiro atoms. The lowest BCUT2D eigenvalue weighted by molar-refractivity contribution is -0.121. The fourth-order valence-corrected chi connectivity index (χ4v) is 2.79. The lowest BCUT2D eigenvalue weighted by Gasteiger charge is -2.18. The number of nitrogens with one attached hydrogen (secondary N) is 2. The van der Waals surface area contributed by atoms with Crippen LogP contribution in [0.25, 0.3) is 0 Å². The fraction of sp³-hybridized carbons (Fsp3) is 0.526. The van der Waals surface area contributed by atoms with Gasteiger partial charge in [-0.3, -0.25) is 14.4 Å². The predicted molar refractivity (Wildman–Crippen MR) is 99.5 cm³/mol. The van der Waals surface area contributed by atoms with Crippen molar-refractivity contribution in [3.05, 3.63) is 23.8 Å². The van der Waals surface area contributed by atoms with E-state index < -0.39 is 0 Å². The Bertz CT molecular complexity index is 656. The molecule has 7 nitrogen and oxygen atoms in total. The van der Waals surface area contributed by atoms with Crippen LogP contribution in [0.5, 0.6) is 5.75 Å². The molecular weight excluding hydrogens is 334 g/mol. The van der Waals surface area contributed by atoms with Crippen molar-refractivity contribution in [2.24, 2.45) is 0 Å². The van der Waals surface area contributed by atoms with Gasteiger partial charge in [-0.05, 0) is 44.3 Å². The van der Waals surface area contributed by atoms with Crippen LogP contribution in [0.1, 0.15) is 43.5 Å². The fourth-order valence-electron chi connectivity index (χ4n) is 2.79. The minimum atomic E-state index is -0.244. The van der Waals surface area contributed by atoms with Crippen molar-refractivity contribution in [1.29, 1.82) is 0 Å². The minimum absolute atomic E-state index is 0.0191. The Morgan fingerprint density at radius 1 is 1.23 bits per heavy atom. The van der Waals surface area contributed by atoms with E-state index in [4.69, 9.17) is 4.74 Å². The average Bonchev–Trinajstić information content (AvgIpc) is 2.65. The monoisotopic (exact) mass is 361 g/mol. The molecule has 0 fully saturated rings. The zero-order valence-electron chi connectivity index (χ0n) is 15.5. The number of nitrogens with zero attached hydrogens (tertiary/aromatic N) is 1. The molecule has 0 unspecified atom stereocenters. The molecule has 1 aromatic rings. The number of fused-ring (bicyclic) bond motifs is 1. The van der Waals surface area contributed by atoms with Gasteiger partial charge >= 0.3 is 0 Å².